The number of amides is 1. The van der Waals surface area contributed by atoms with Gasteiger partial charge in [-0.1, -0.05) is 19.9 Å². The van der Waals surface area contributed by atoms with Gasteiger partial charge < -0.3 is 9.64 Å². The van der Waals surface area contributed by atoms with Crippen LogP contribution in [0.15, 0.2) is 47.4 Å². The van der Waals surface area contributed by atoms with Crippen LogP contribution in [0.3, 0.4) is 0 Å². The molecule has 0 radical (unpaired) electrons. The molecule has 2 aromatic rings. The largest absolute Gasteiger partial charge is 0.490 e. The normalized spacial score (nSPS) is 15.7. The van der Waals surface area contributed by atoms with Crippen molar-refractivity contribution >= 4 is 33.0 Å². The number of hydrogen-bond acceptors (Lipinski definition) is 6. The van der Waals surface area contributed by atoms with Gasteiger partial charge in [0.15, 0.2) is 0 Å². The fraction of sp³-hybridized carbons (Fsp3) is 0.409. The lowest BCUT2D eigenvalue weighted by Gasteiger charge is -2.28. The summed E-state index contributed by atoms with van der Waals surface area (Å²) in [5.41, 5.74) is -0.246. The van der Waals surface area contributed by atoms with E-state index in [-0.39, 0.29) is 28.8 Å². The van der Waals surface area contributed by atoms with Crippen LogP contribution in [0.5, 0.6) is 5.75 Å². The minimum absolute atomic E-state index is 0.0539. The van der Waals surface area contributed by atoms with E-state index in [1.54, 1.807) is 17.0 Å². The Labute approximate surface area is 187 Å². The predicted octanol–water partition coefficient (Wildman–Crippen LogP) is 4.19. The van der Waals surface area contributed by atoms with Crippen molar-refractivity contribution in [2.45, 2.75) is 39.0 Å². The third kappa shape index (κ3) is 5.01. The van der Waals surface area contributed by atoms with Gasteiger partial charge in [-0.25, -0.2) is 8.42 Å². The van der Waals surface area contributed by atoms with Crippen LogP contribution in [-0.2, 0) is 14.8 Å². The van der Waals surface area contributed by atoms with Gasteiger partial charge in [-0.15, -0.1) is 0 Å². The first-order valence-corrected chi connectivity index (χ1v) is 11.7. The average molecular weight is 462 g/mol. The number of ether oxygens (including phenoxy) is 1. The molecule has 0 saturated carbocycles. The van der Waals surface area contributed by atoms with Gasteiger partial charge >= 0.3 is 0 Å². The minimum atomic E-state index is -4.06. The Morgan fingerprint density at radius 2 is 1.94 bits per heavy atom. The fourth-order valence-electron chi connectivity index (χ4n) is 3.30. The third-order valence-corrected chi connectivity index (χ3v) is 6.56. The van der Waals surface area contributed by atoms with Gasteiger partial charge in [0.2, 0.25) is 5.91 Å². The van der Waals surface area contributed by atoms with Gasteiger partial charge in [-0.3, -0.25) is 19.6 Å². The summed E-state index contributed by atoms with van der Waals surface area (Å²) in [4.78, 5) is 24.9. The minimum Gasteiger partial charge on any atom is -0.490 e. The number of sulfonamides is 1. The maximum Gasteiger partial charge on any atom is 0.270 e. The second-order valence-electron chi connectivity index (χ2n) is 8.85. The van der Waals surface area contributed by atoms with E-state index in [9.17, 15) is 23.3 Å². The fourth-order valence-corrected chi connectivity index (χ4v) is 4.39. The van der Waals surface area contributed by atoms with Gasteiger partial charge in [0.25, 0.3) is 15.7 Å². The molecule has 1 aliphatic rings. The van der Waals surface area contributed by atoms with Crippen LogP contribution in [0.1, 0.15) is 34.1 Å². The molecule has 1 amide bonds. The molecule has 3 rings (SSSR count). The molecular formula is C22H27N3O6S. The number of nitrogens with zero attached hydrogens (tertiary/aromatic N) is 2. The maximum atomic E-state index is 13.1. The Kier molecular flexibility index (Phi) is 6.45. The summed E-state index contributed by atoms with van der Waals surface area (Å²) >= 11 is 0. The van der Waals surface area contributed by atoms with Gasteiger partial charge in [-0.2, -0.15) is 0 Å². The van der Waals surface area contributed by atoms with Crippen molar-refractivity contribution in [1.82, 2.24) is 0 Å². The summed E-state index contributed by atoms with van der Waals surface area (Å²) in [5, 5.41) is 11.0. The van der Waals surface area contributed by atoms with E-state index in [0.717, 1.165) is 12.5 Å². The topological polar surface area (TPSA) is 119 Å². The highest BCUT2D eigenvalue weighted by atomic mass is 32.2. The van der Waals surface area contributed by atoms with Crippen molar-refractivity contribution in [1.29, 1.82) is 0 Å². The smallest absolute Gasteiger partial charge is 0.270 e. The quantitative estimate of drug-likeness (QED) is 0.488. The van der Waals surface area contributed by atoms with Crippen molar-refractivity contribution in [3.8, 4) is 5.75 Å². The molecule has 9 nitrogen and oxygen atoms in total. The molecule has 10 heteroatoms. The second kappa shape index (κ2) is 8.78. The van der Waals surface area contributed by atoms with Crippen LogP contribution in [0.4, 0.5) is 17.1 Å². The molecule has 172 valence electrons. The lowest BCUT2D eigenvalue weighted by molar-refractivity contribution is -0.385. The molecule has 2 aromatic carbocycles. The van der Waals surface area contributed by atoms with E-state index in [0.29, 0.717) is 23.9 Å². The van der Waals surface area contributed by atoms with E-state index in [1.807, 2.05) is 13.8 Å². The number of carbonyl (C=O) groups is 1. The molecule has 0 spiro atoms. The highest BCUT2D eigenvalue weighted by Gasteiger charge is 2.37. The molecule has 32 heavy (non-hydrogen) atoms. The van der Waals surface area contributed by atoms with Crippen LogP contribution in [0.25, 0.3) is 0 Å². The van der Waals surface area contributed by atoms with Gasteiger partial charge in [0.05, 0.1) is 26.6 Å². The summed E-state index contributed by atoms with van der Waals surface area (Å²) in [6, 6.07) is 9.54. The lowest BCUT2D eigenvalue weighted by Crippen LogP contribution is -2.42. The number of non-ortho nitro benzene ring substituents is 1. The number of fused-ring (bicyclic) bond motifs is 1. The van der Waals surface area contributed by atoms with Crippen molar-refractivity contribution in [3.05, 3.63) is 52.6 Å². The van der Waals surface area contributed by atoms with Crippen molar-refractivity contribution < 1.29 is 22.9 Å². The van der Waals surface area contributed by atoms with Crippen LogP contribution in [0, 0.1) is 21.4 Å². The number of anilines is 2. The number of nitro groups is 1. The number of nitro benzene ring substituents is 1. The Morgan fingerprint density at radius 1 is 1.22 bits per heavy atom. The lowest BCUT2D eigenvalue weighted by atomic mass is 9.92. The Hall–Kier alpha value is -3.14. The van der Waals surface area contributed by atoms with E-state index in [1.165, 1.54) is 24.3 Å². The SMILES string of the molecule is CC(C)CCN1C(=O)C(C)(C)COc2cc(NS(=O)(=O)c3cccc([N+](=O)[O-])c3)ccc21. The molecule has 0 saturated heterocycles. The first-order chi connectivity index (χ1) is 14.9. The molecule has 0 aromatic heterocycles. The molecule has 0 unspecified atom stereocenters. The van der Waals surface area contributed by atoms with Gasteiger partial charge in [0, 0.05) is 24.7 Å². The maximum absolute atomic E-state index is 13.1. The van der Waals surface area contributed by atoms with E-state index in [4.69, 9.17) is 4.74 Å². The number of hydrogen-bond donors (Lipinski definition) is 1. The standard InChI is InChI=1S/C22H27N3O6S/c1-15(2)10-11-24-19-9-8-16(12-20(19)31-14-22(3,4)21(24)26)23-32(29,30)18-7-5-6-17(13-18)25(27)28/h5-9,12-13,15,23H,10-11,14H2,1-4H3. The van der Waals surface area contributed by atoms with E-state index < -0.39 is 20.4 Å². The molecule has 1 N–H and O–H groups in total. The summed E-state index contributed by atoms with van der Waals surface area (Å²) < 4.78 is 33.9. The first kappa shape index (κ1) is 23.5. The number of nitrogens with one attached hydrogen (secondary N) is 1. The van der Waals surface area contributed by atoms with Crippen molar-refractivity contribution in [2.75, 3.05) is 22.8 Å². The third-order valence-electron chi connectivity index (χ3n) is 5.18. The van der Waals surface area contributed by atoms with Crippen molar-refractivity contribution in [2.24, 2.45) is 11.3 Å². The zero-order chi connectivity index (χ0) is 23.7. The number of carbonyl (C=O) groups excluding carboxylic acids is 1. The second-order valence-corrected chi connectivity index (χ2v) is 10.5. The van der Waals surface area contributed by atoms with Crippen LogP contribution in [0.2, 0.25) is 0 Å². The number of benzene rings is 2. The van der Waals surface area contributed by atoms with Crippen LogP contribution >= 0.6 is 0 Å². The van der Waals surface area contributed by atoms with Crippen LogP contribution < -0.4 is 14.4 Å². The van der Waals surface area contributed by atoms with E-state index >= 15 is 0 Å². The van der Waals surface area contributed by atoms with Crippen molar-refractivity contribution in [3.63, 3.8) is 0 Å². The van der Waals surface area contributed by atoms with E-state index in [2.05, 4.69) is 18.6 Å². The number of rotatable bonds is 7. The molecule has 0 aliphatic carbocycles. The summed E-state index contributed by atoms with van der Waals surface area (Å²) in [5.74, 6) is 0.744. The average Bonchev–Trinajstić information content (AvgIpc) is 2.81. The highest BCUT2D eigenvalue weighted by Crippen LogP contribution is 2.39. The van der Waals surface area contributed by atoms with Crippen LogP contribution in [-0.4, -0.2) is 32.4 Å². The summed E-state index contributed by atoms with van der Waals surface area (Å²) in [7, 11) is -4.06. The molecule has 0 bridgehead atoms. The Bertz CT molecular complexity index is 1140. The zero-order valence-corrected chi connectivity index (χ0v) is 19.3. The zero-order valence-electron chi connectivity index (χ0n) is 18.5. The first-order valence-electron chi connectivity index (χ1n) is 10.3. The molecule has 0 atom stereocenters. The summed E-state index contributed by atoms with van der Waals surface area (Å²) in [6.07, 6.45) is 0.808. The Balaban J connectivity index is 1.94. The predicted molar refractivity (Wildman–Crippen MR) is 121 cm³/mol. The highest BCUT2D eigenvalue weighted by molar-refractivity contribution is 7.92. The molecule has 0 fully saturated rings. The monoisotopic (exact) mass is 461 g/mol. The van der Waals surface area contributed by atoms with Gasteiger partial charge in [0.1, 0.15) is 12.4 Å². The Morgan fingerprint density at radius 3 is 2.59 bits per heavy atom. The molecule has 1 aliphatic heterocycles. The summed E-state index contributed by atoms with van der Waals surface area (Å²) in [6.45, 7) is 8.46. The van der Waals surface area contributed by atoms with Gasteiger partial charge in [-0.05, 0) is 44.4 Å². The molecular weight excluding hydrogens is 434 g/mol. The molecule has 1 heterocycles.